The molecule has 0 radical (unpaired) electrons. The number of halogens is 4. The van der Waals surface area contributed by atoms with Gasteiger partial charge in [0, 0.05) is 10.6 Å². The standard InChI is InChI=1S/C22H18ClF3N2OS.C7H8/c1-14-4-2-7-18(10-14)30-21(27-13-15-5-3-6-17(29)11-15)28-16-8-9-20(23)19(12-16)22(24,25)26;1-7-5-3-2-4-6-7/h2-12,29H,13H2,1H3,(H,27,28);2-6H,1H3. The Morgan fingerprint density at radius 2 is 1.57 bits per heavy atom. The SMILES string of the molecule is Cc1cccc(SC(=NCc2cccc(O)c2)Nc2ccc(Cl)c(C(F)(F)F)c2)c1.Cc1ccccc1. The molecule has 0 heterocycles. The van der Waals surface area contributed by atoms with E-state index in [2.05, 4.69) is 29.4 Å². The average Bonchev–Trinajstić information content (AvgIpc) is 2.84. The summed E-state index contributed by atoms with van der Waals surface area (Å²) >= 11 is 7.01. The van der Waals surface area contributed by atoms with Crippen LogP contribution in [0.2, 0.25) is 5.02 Å². The summed E-state index contributed by atoms with van der Waals surface area (Å²) in [6.45, 7) is 4.28. The summed E-state index contributed by atoms with van der Waals surface area (Å²) in [5, 5.41) is 12.6. The molecule has 0 spiro atoms. The van der Waals surface area contributed by atoms with Crippen molar-refractivity contribution in [3.8, 4) is 5.75 Å². The molecule has 2 N–H and O–H groups in total. The second kappa shape index (κ2) is 13.2. The zero-order valence-electron chi connectivity index (χ0n) is 20.3. The Hall–Kier alpha value is -3.42. The van der Waals surface area contributed by atoms with Crippen LogP contribution in [0.25, 0.3) is 0 Å². The summed E-state index contributed by atoms with van der Waals surface area (Å²) in [5.41, 5.74) is 2.45. The van der Waals surface area contributed by atoms with E-state index >= 15 is 0 Å². The second-order valence-electron chi connectivity index (χ2n) is 8.18. The number of aromatic hydroxyl groups is 1. The fourth-order valence-corrected chi connectivity index (χ4v) is 4.32. The quantitative estimate of drug-likeness (QED) is 0.153. The second-order valence-corrected chi connectivity index (χ2v) is 9.65. The van der Waals surface area contributed by atoms with Crippen LogP contribution in [0, 0.1) is 13.8 Å². The zero-order chi connectivity index (χ0) is 26.8. The Bertz CT molecular complexity index is 1340. The number of anilines is 1. The van der Waals surface area contributed by atoms with Gasteiger partial charge < -0.3 is 10.4 Å². The molecule has 4 aromatic rings. The molecule has 192 valence electrons. The molecule has 4 aromatic carbocycles. The average molecular weight is 543 g/mol. The van der Waals surface area contributed by atoms with Gasteiger partial charge in [-0.05, 0) is 61.9 Å². The van der Waals surface area contributed by atoms with Gasteiger partial charge in [-0.2, -0.15) is 13.2 Å². The van der Waals surface area contributed by atoms with E-state index in [1.165, 1.54) is 29.5 Å². The molecule has 3 nitrogen and oxygen atoms in total. The number of benzene rings is 4. The first-order chi connectivity index (χ1) is 17.6. The van der Waals surface area contributed by atoms with Gasteiger partial charge in [0.1, 0.15) is 5.75 Å². The fourth-order valence-electron chi connectivity index (χ4n) is 3.18. The van der Waals surface area contributed by atoms with Crippen molar-refractivity contribution >= 4 is 34.2 Å². The summed E-state index contributed by atoms with van der Waals surface area (Å²) in [4.78, 5) is 5.40. The number of aliphatic imine (C=N–C) groups is 1. The van der Waals surface area contributed by atoms with E-state index in [4.69, 9.17) is 11.6 Å². The Morgan fingerprint density at radius 3 is 2.19 bits per heavy atom. The normalized spacial score (nSPS) is 11.5. The number of nitrogens with zero attached hydrogens (tertiary/aromatic N) is 1. The predicted molar refractivity (Wildman–Crippen MR) is 148 cm³/mol. The lowest BCUT2D eigenvalue weighted by molar-refractivity contribution is -0.137. The van der Waals surface area contributed by atoms with E-state index in [0.717, 1.165) is 22.1 Å². The lowest BCUT2D eigenvalue weighted by atomic mass is 10.2. The highest BCUT2D eigenvalue weighted by atomic mass is 35.5. The molecule has 0 aliphatic rings. The Labute approximate surface area is 224 Å². The molecule has 0 amide bonds. The molecule has 4 rings (SSSR count). The largest absolute Gasteiger partial charge is 0.508 e. The van der Waals surface area contributed by atoms with E-state index in [9.17, 15) is 18.3 Å². The molecule has 0 aromatic heterocycles. The van der Waals surface area contributed by atoms with Crippen LogP contribution in [0.3, 0.4) is 0 Å². The topological polar surface area (TPSA) is 44.6 Å². The van der Waals surface area contributed by atoms with Crippen molar-refractivity contribution in [2.24, 2.45) is 4.99 Å². The van der Waals surface area contributed by atoms with E-state index < -0.39 is 11.7 Å². The summed E-state index contributed by atoms with van der Waals surface area (Å²) in [6, 6.07) is 28.3. The highest BCUT2D eigenvalue weighted by Gasteiger charge is 2.33. The third-order valence-corrected chi connectivity index (χ3v) is 6.23. The molecular formula is C29H26ClF3N2OS. The molecule has 37 heavy (non-hydrogen) atoms. The fraction of sp³-hybridized carbons (Fsp3) is 0.138. The molecule has 0 unspecified atom stereocenters. The number of thioether (sulfide) groups is 1. The first-order valence-electron chi connectivity index (χ1n) is 11.3. The number of phenolic OH excluding ortho intramolecular Hbond substituents is 1. The van der Waals surface area contributed by atoms with Crippen molar-refractivity contribution in [3.63, 3.8) is 0 Å². The monoisotopic (exact) mass is 542 g/mol. The number of hydrogen-bond acceptors (Lipinski definition) is 3. The Balaban J connectivity index is 0.000000468. The number of rotatable bonds is 4. The number of hydrogen-bond donors (Lipinski definition) is 2. The van der Waals surface area contributed by atoms with E-state index in [-0.39, 0.29) is 23.0 Å². The summed E-state index contributed by atoms with van der Waals surface area (Å²) in [7, 11) is 0. The van der Waals surface area contributed by atoms with Crippen LogP contribution in [0.15, 0.2) is 107 Å². The van der Waals surface area contributed by atoms with Crippen LogP contribution in [-0.4, -0.2) is 10.3 Å². The molecule has 8 heteroatoms. The predicted octanol–water partition coefficient (Wildman–Crippen LogP) is 9.13. The lowest BCUT2D eigenvalue weighted by Gasteiger charge is -2.14. The molecule has 0 bridgehead atoms. The lowest BCUT2D eigenvalue weighted by Crippen LogP contribution is -2.11. The summed E-state index contributed by atoms with van der Waals surface area (Å²) in [5.74, 6) is 0.121. The molecular weight excluding hydrogens is 517 g/mol. The minimum absolute atomic E-state index is 0.121. The third-order valence-electron chi connectivity index (χ3n) is 4.98. The molecule has 0 aliphatic heterocycles. The minimum atomic E-state index is -4.56. The third kappa shape index (κ3) is 9.52. The maximum atomic E-state index is 13.2. The number of aryl methyl sites for hydroxylation is 2. The maximum Gasteiger partial charge on any atom is 0.417 e. The smallest absolute Gasteiger partial charge is 0.417 e. The Morgan fingerprint density at radius 1 is 0.865 bits per heavy atom. The van der Waals surface area contributed by atoms with Crippen LogP contribution < -0.4 is 5.32 Å². The van der Waals surface area contributed by atoms with Crippen molar-refractivity contribution in [1.82, 2.24) is 0 Å². The van der Waals surface area contributed by atoms with Gasteiger partial charge in [0.25, 0.3) is 0 Å². The molecule has 0 saturated heterocycles. The summed E-state index contributed by atoms with van der Waals surface area (Å²) in [6.07, 6.45) is -4.56. The van der Waals surface area contributed by atoms with Crippen LogP contribution in [0.4, 0.5) is 18.9 Å². The van der Waals surface area contributed by atoms with Gasteiger partial charge in [0.2, 0.25) is 0 Å². The van der Waals surface area contributed by atoms with E-state index in [1.807, 2.05) is 55.5 Å². The highest BCUT2D eigenvalue weighted by molar-refractivity contribution is 8.14. The Kier molecular flexibility index (Phi) is 10.1. The number of alkyl halides is 3. The minimum Gasteiger partial charge on any atom is -0.508 e. The van der Waals surface area contributed by atoms with Crippen LogP contribution in [-0.2, 0) is 12.7 Å². The molecule has 0 saturated carbocycles. The van der Waals surface area contributed by atoms with Gasteiger partial charge in [-0.15, -0.1) is 0 Å². The van der Waals surface area contributed by atoms with Gasteiger partial charge in [-0.25, -0.2) is 0 Å². The number of nitrogens with one attached hydrogen (secondary N) is 1. The molecule has 0 fully saturated rings. The van der Waals surface area contributed by atoms with Crippen molar-refractivity contribution in [3.05, 3.63) is 124 Å². The summed E-state index contributed by atoms with van der Waals surface area (Å²) < 4.78 is 39.6. The van der Waals surface area contributed by atoms with Gasteiger partial charge in [-0.3, -0.25) is 4.99 Å². The molecule has 0 aliphatic carbocycles. The van der Waals surface area contributed by atoms with Crippen LogP contribution >= 0.6 is 23.4 Å². The zero-order valence-corrected chi connectivity index (χ0v) is 21.8. The first-order valence-corrected chi connectivity index (χ1v) is 12.5. The van der Waals surface area contributed by atoms with Gasteiger partial charge >= 0.3 is 6.18 Å². The van der Waals surface area contributed by atoms with E-state index in [1.54, 1.807) is 18.2 Å². The van der Waals surface area contributed by atoms with E-state index in [0.29, 0.717) is 5.17 Å². The van der Waals surface area contributed by atoms with Crippen molar-refractivity contribution in [2.45, 2.75) is 31.5 Å². The van der Waals surface area contributed by atoms with Crippen LogP contribution in [0.5, 0.6) is 5.75 Å². The van der Waals surface area contributed by atoms with Crippen LogP contribution in [0.1, 0.15) is 22.3 Å². The van der Waals surface area contributed by atoms with Gasteiger partial charge in [-0.1, -0.05) is 89.1 Å². The maximum absolute atomic E-state index is 13.2. The van der Waals surface area contributed by atoms with Crippen molar-refractivity contribution in [2.75, 3.05) is 5.32 Å². The highest BCUT2D eigenvalue weighted by Crippen LogP contribution is 2.36. The number of amidine groups is 1. The van der Waals surface area contributed by atoms with Crippen molar-refractivity contribution < 1.29 is 18.3 Å². The van der Waals surface area contributed by atoms with Gasteiger partial charge in [0.15, 0.2) is 5.17 Å². The van der Waals surface area contributed by atoms with Gasteiger partial charge in [0.05, 0.1) is 17.1 Å². The molecule has 0 atom stereocenters. The number of phenols is 1. The first kappa shape index (κ1) is 28.2. The van der Waals surface area contributed by atoms with Crippen molar-refractivity contribution in [1.29, 1.82) is 0 Å².